The second-order valence-electron chi connectivity index (χ2n) is 1.90. The van der Waals surface area contributed by atoms with Gasteiger partial charge in [-0.1, -0.05) is 0 Å². The van der Waals surface area contributed by atoms with Crippen LogP contribution in [0.5, 0.6) is 0 Å². The first-order chi connectivity index (χ1) is 4.74. The van der Waals surface area contributed by atoms with Crippen molar-refractivity contribution in [1.29, 1.82) is 5.26 Å². The van der Waals surface area contributed by atoms with Crippen molar-refractivity contribution >= 4 is 0 Å². The molecule has 0 aliphatic carbocycles. The molecule has 0 saturated carbocycles. The van der Waals surface area contributed by atoms with Gasteiger partial charge in [-0.3, -0.25) is 4.79 Å². The average Bonchev–Trinajstić information content (AvgIpc) is 1.95. The Morgan fingerprint density at radius 3 is 3.00 bits per heavy atom. The second-order valence-corrected chi connectivity index (χ2v) is 1.90. The van der Waals surface area contributed by atoms with E-state index in [1.165, 1.54) is 16.8 Å². The van der Waals surface area contributed by atoms with Crippen LogP contribution in [0.2, 0.25) is 0 Å². The van der Waals surface area contributed by atoms with E-state index in [9.17, 15) is 4.79 Å². The summed E-state index contributed by atoms with van der Waals surface area (Å²) in [6, 6.07) is 5.69. The van der Waals surface area contributed by atoms with E-state index < -0.39 is 0 Å². The maximum Gasteiger partial charge on any atom is 0.258 e. The summed E-state index contributed by atoms with van der Waals surface area (Å²) in [5.74, 6) is 0. The molecule has 0 fully saturated rings. The molecule has 0 spiro atoms. The molecule has 3 nitrogen and oxygen atoms in total. The first kappa shape index (κ1) is 6.56. The highest BCUT2D eigenvalue weighted by Gasteiger charge is 1.91. The zero-order valence-electron chi connectivity index (χ0n) is 5.46. The van der Waals surface area contributed by atoms with Crippen molar-refractivity contribution in [2.24, 2.45) is 7.05 Å². The summed E-state index contributed by atoms with van der Waals surface area (Å²) in [6.07, 6.45) is 1.47. The quantitative estimate of drug-likeness (QED) is 0.502. The summed E-state index contributed by atoms with van der Waals surface area (Å²) < 4.78 is 1.32. The number of nitriles is 1. The van der Waals surface area contributed by atoms with Gasteiger partial charge in [0, 0.05) is 13.2 Å². The van der Waals surface area contributed by atoms with E-state index in [0.717, 1.165) is 0 Å². The monoisotopic (exact) mass is 133 g/mol. The van der Waals surface area contributed by atoms with Gasteiger partial charge in [-0.05, 0) is 6.07 Å². The molecule has 1 aromatic heterocycles. The van der Waals surface area contributed by atoms with Crippen molar-refractivity contribution in [3.63, 3.8) is 0 Å². The molecule has 0 N–H and O–H groups in total. The largest absolute Gasteiger partial charge is 0.317 e. The third-order valence-electron chi connectivity index (χ3n) is 1.13. The minimum atomic E-state index is -0.223. The molecule has 1 aromatic rings. The molecular weight excluding hydrogens is 128 g/mol. The van der Waals surface area contributed by atoms with Gasteiger partial charge < -0.3 is 4.57 Å². The number of hydrogen-bond donors (Lipinski definition) is 0. The fourth-order valence-corrected chi connectivity index (χ4v) is 0.607. The number of rotatable bonds is 0. The van der Waals surface area contributed by atoms with E-state index in [2.05, 4.69) is 6.07 Å². The van der Waals surface area contributed by atoms with Crippen LogP contribution in [0.25, 0.3) is 0 Å². The van der Waals surface area contributed by atoms with Crippen molar-refractivity contribution in [3.8, 4) is 6.07 Å². The van der Waals surface area contributed by atoms with Crippen LogP contribution in [0, 0.1) is 17.4 Å². The summed E-state index contributed by atoms with van der Waals surface area (Å²) >= 11 is 0. The molecule has 3 heteroatoms. The van der Waals surface area contributed by atoms with Crippen molar-refractivity contribution in [3.05, 3.63) is 34.2 Å². The lowest BCUT2D eigenvalue weighted by atomic mass is 10.3. The summed E-state index contributed by atoms with van der Waals surface area (Å²) in [5, 5.41) is 8.37. The van der Waals surface area contributed by atoms with Gasteiger partial charge in [0.15, 0.2) is 0 Å². The fourth-order valence-electron chi connectivity index (χ4n) is 0.607. The van der Waals surface area contributed by atoms with Crippen LogP contribution in [0.15, 0.2) is 17.1 Å². The Morgan fingerprint density at radius 1 is 1.80 bits per heavy atom. The van der Waals surface area contributed by atoms with Crippen LogP contribution in [-0.4, -0.2) is 4.57 Å². The van der Waals surface area contributed by atoms with Gasteiger partial charge in [-0.25, -0.2) is 0 Å². The van der Waals surface area contributed by atoms with Crippen LogP contribution in [-0.2, 0) is 7.05 Å². The lowest BCUT2D eigenvalue weighted by Crippen LogP contribution is -2.14. The number of nitrogens with zero attached hydrogens (tertiary/aromatic N) is 2. The van der Waals surface area contributed by atoms with Crippen LogP contribution in [0.4, 0.5) is 0 Å². The smallest absolute Gasteiger partial charge is 0.258 e. The van der Waals surface area contributed by atoms with Crippen molar-refractivity contribution in [2.75, 3.05) is 0 Å². The van der Waals surface area contributed by atoms with Gasteiger partial charge in [-0.2, -0.15) is 5.26 Å². The topological polar surface area (TPSA) is 45.8 Å². The third-order valence-corrected chi connectivity index (χ3v) is 1.13. The molecule has 0 aliphatic heterocycles. The van der Waals surface area contributed by atoms with E-state index in [4.69, 9.17) is 5.26 Å². The van der Waals surface area contributed by atoms with E-state index in [-0.39, 0.29) is 5.56 Å². The van der Waals surface area contributed by atoms with Crippen LogP contribution in [0.1, 0.15) is 5.56 Å². The maximum absolute atomic E-state index is 10.7. The molecule has 1 heterocycles. The van der Waals surface area contributed by atoms with Crippen LogP contribution >= 0.6 is 0 Å². The SMILES string of the molecule is Cn1cc(C#N)c[c]c1=O. The van der Waals surface area contributed by atoms with E-state index in [0.29, 0.717) is 5.56 Å². The highest BCUT2D eigenvalue weighted by atomic mass is 16.1. The standard InChI is InChI=1S/C7H5N2O/c1-9-5-6(4-8)2-3-7(9)10/h2,5H,1H3. The highest BCUT2D eigenvalue weighted by molar-refractivity contribution is 5.23. The molecule has 0 bridgehead atoms. The zero-order valence-corrected chi connectivity index (χ0v) is 5.46. The molecular formula is C7H5N2O. The molecule has 1 rings (SSSR count). The number of aromatic nitrogens is 1. The normalized spacial score (nSPS) is 8.80. The summed E-state index contributed by atoms with van der Waals surface area (Å²) in [6.45, 7) is 0. The summed E-state index contributed by atoms with van der Waals surface area (Å²) in [4.78, 5) is 10.7. The lowest BCUT2D eigenvalue weighted by molar-refractivity contribution is 0.855. The van der Waals surface area contributed by atoms with Gasteiger partial charge in [0.25, 0.3) is 5.56 Å². The van der Waals surface area contributed by atoms with Gasteiger partial charge in [-0.15, -0.1) is 0 Å². The first-order valence-corrected chi connectivity index (χ1v) is 2.72. The minimum absolute atomic E-state index is 0.223. The van der Waals surface area contributed by atoms with Crippen LogP contribution < -0.4 is 5.56 Å². The number of pyridine rings is 1. The Kier molecular flexibility index (Phi) is 1.55. The Labute approximate surface area is 58.1 Å². The maximum atomic E-state index is 10.7. The molecule has 0 aromatic carbocycles. The third kappa shape index (κ3) is 1.06. The van der Waals surface area contributed by atoms with E-state index in [1.807, 2.05) is 6.07 Å². The molecule has 49 valence electrons. The van der Waals surface area contributed by atoms with Crippen LogP contribution in [0.3, 0.4) is 0 Å². The number of hydrogen-bond acceptors (Lipinski definition) is 2. The molecule has 0 unspecified atom stereocenters. The summed E-state index contributed by atoms with van der Waals surface area (Å²) in [7, 11) is 1.58. The molecule has 1 radical (unpaired) electrons. The van der Waals surface area contributed by atoms with E-state index in [1.54, 1.807) is 7.05 Å². The van der Waals surface area contributed by atoms with Crippen molar-refractivity contribution in [1.82, 2.24) is 4.57 Å². The van der Waals surface area contributed by atoms with E-state index >= 15 is 0 Å². The molecule has 0 atom stereocenters. The van der Waals surface area contributed by atoms with Gasteiger partial charge in [0.1, 0.15) is 6.07 Å². The van der Waals surface area contributed by atoms with Gasteiger partial charge in [0.2, 0.25) is 0 Å². The first-order valence-electron chi connectivity index (χ1n) is 2.72. The molecule has 0 amide bonds. The predicted octanol–water partition coefficient (Wildman–Crippen LogP) is 0.0572. The number of aryl methyl sites for hydroxylation is 1. The highest BCUT2D eigenvalue weighted by Crippen LogP contribution is 1.88. The van der Waals surface area contributed by atoms with Gasteiger partial charge >= 0.3 is 0 Å². The Hall–Kier alpha value is -1.56. The average molecular weight is 133 g/mol. The molecule has 10 heavy (non-hydrogen) atoms. The molecule has 0 saturated heterocycles. The minimum Gasteiger partial charge on any atom is -0.317 e. The Bertz CT molecular complexity index is 332. The van der Waals surface area contributed by atoms with Gasteiger partial charge in [0.05, 0.1) is 11.6 Å². The Morgan fingerprint density at radius 2 is 2.50 bits per heavy atom. The zero-order chi connectivity index (χ0) is 7.56. The second kappa shape index (κ2) is 2.36. The fraction of sp³-hybridized carbons (Fsp3) is 0.143. The Balaban J connectivity index is 3.34. The molecule has 0 aliphatic rings. The lowest BCUT2D eigenvalue weighted by Gasteiger charge is -1.92. The van der Waals surface area contributed by atoms with Crippen molar-refractivity contribution in [2.45, 2.75) is 0 Å². The summed E-state index contributed by atoms with van der Waals surface area (Å²) in [5.41, 5.74) is 0.223. The predicted molar refractivity (Wildman–Crippen MR) is 35.2 cm³/mol. The van der Waals surface area contributed by atoms with Crippen molar-refractivity contribution < 1.29 is 0 Å².